The predicted octanol–water partition coefficient (Wildman–Crippen LogP) is 1.86. The van der Waals surface area contributed by atoms with Gasteiger partial charge in [-0.05, 0) is 31.2 Å². The monoisotopic (exact) mass is 247 g/mol. The fourth-order valence-corrected chi connectivity index (χ4v) is 1.39. The van der Waals surface area contributed by atoms with E-state index in [0.29, 0.717) is 11.3 Å². The van der Waals surface area contributed by atoms with E-state index in [1.165, 1.54) is 26.0 Å². The van der Waals surface area contributed by atoms with Gasteiger partial charge in [0.1, 0.15) is 0 Å². The number of ketones is 1. The van der Waals surface area contributed by atoms with Crippen molar-refractivity contribution in [2.24, 2.45) is 0 Å². The number of carbonyl (C=O) groups excluding carboxylic acids is 2. The smallest absolute Gasteiger partial charge is 0.328 e. The summed E-state index contributed by atoms with van der Waals surface area (Å²) < 4.78 is 0. The van der Waals surface area contributed by atoms with Crippen LogP contribution in [0, 0.1) is 0 Å². The van der Waals surface area contributed by atoms with Crippen LogP contribution >= 0.6 is 0 Å². The van der Waals surface area contributed by atoms with Gasteiger partial charge >= 0.3 is 5.97 Å². The highest BCUT2D eigenvalue weighted by molar-refractivity contribution is 6.10. The molecule has 0 aliphatic heterocycles. The van der Waals surface area contributed by atoms with Gasteiger partial charge in [0.15, 0.2) is 5.78 Å². The van der Waals surface area contributed by atoms with Crippen LogP contribution in [-0.4, -0.2) is 22.8 Å². The largest absolute Gasteiger partial charge is 0.478 e. The molecule has 1 rings (SSSR count). The summed E-state index contributed by atoms with van der Waals surface area (Å²) in [7, 11) is 0. The summed E-state index contributed by atoms with van der Waals surface area (Å²) in [5.74, 6) is -1.71. The molecule has 1 amide bonds. The maximum absolute atomic E-state index is 11.8. The third kappa shape index (κ3) is 3.86. The summed E-state index contributed by atoms with van der Waals surface area (Å²) in [5, 5.41) is 11.1. The molecule has 18 heavy (non-hydrogen) atoms. The standard InChI is InChI=1S/C13H13NO4/c1-8(7-12(16)17)13(18)10-3-5-11(6-4-10)14-9(2)15/h3-7H,1-2H3,(H,14,15)(H,16,17)/b8-7+. The molecular formula is C13H13NO4. The molecular weight excluding hydrogens is 234 g/mol. The molecule has 0 bridgehead atoms. The molecule has 0 fully saturated rings. The second-order valence-corrected chi connectivity index (χ2v) is 3.75. The van der Waals surface area contributed by atoms with Crippen molar-refractivity contribution in [1.29, 1.82) is 0 Å². The van der Waals surface area contributed by atoms with Gasteiger partial charge in [-0.3, -0.25) is 9.59 Å². The number of rotatable bonds is 4. The maximum atomic E-state index is 11.8. The number of hydrogen-bond donors (Lipinski definition) is 2. The van der Waals surface area contributed by atoms with Gasteiger partial charge in [0.05, 0.1) is 0 Å². The van der Waals surface area contributed by atoms with Crippen LogP contribution in [0.15, 0.2) is 35.9 Å². The van der Waals surface area contributed by atoms with Crippen molar-refractivity contribution < 1.29 is 19.5 Å². The van der Waals surface area contributed by atoms with E-state index in [9.17, 15) is 14.4 Å². The van der Waals surface area contributed by atoms with Crippen LogP contribution in [0.25, 0.3) is 0 Å². The number of aliphatic carboxylic acids is 1. The van der Waals surface area contributed by atoms with Gasteiger partial charge in [-0.1, -0.05) is 0 Å². The minimum Gasteiger partial charge on any atom is -0.478 e. The number of carboxylic acids is 1. The molecule has 94 valence electrons. The topological polar surface area (TPSA) is 83.5 Å². The molecule has 0 radical (unpaired) electrons. The van der Waals surface area contributed by atoms with E-state index < -0.39 is 5.97 Å². The molecule has 0 atom stereocenters. The summed E-state index contributed by atoms with van der Waals surface area (Å²) in [6, 6.07) is 6.24. The molecule has 1 aromatic rings. The zero-order valence-corrected chi connectivity index (χ0v) is 10.1. The molecule has 0 spiro atoms. The summed E-state index contributed by atoms with van der Waals surface area (Å²) in [6.07, 6.45) is 0.865. The van der Waals surface area contributed by atoms with Gasteiger partial charge in [-0.2, -0.15) is 0 Å². The Balaban J connectivity index is 2.88. The minimum atomic E-state index is -1.16. The van der Waals surface area contributed by atoms with E-state index in [0.717, 1.165) is 6.08 Å². The normalized spacial score (nSPS) is 10.9. The number of amides is 1. The maximum Gasteiger partial charge on any atom is 0.328 e. The molecule has 0 saturated heterocycles. The van der Waals surface area contributed by atoms with E-state index in [4.69, 9.17) is 5.11 Å². The first-order chi connectivity index (χ1) is 8.40. The number of nitrogens with one attached hydrogen (secondary N) is 1. The van der Waals surface area contributed by atoms with Crippen molar-refractivity contribution in [3.8, 4) is 0 Å². The fourth-order valence-electron chi connectivity index (χ4n) is 1.39. The van der Waals surface area contributed by atoms with Crippen molar-refractivity contribution in [3.63, 3.8) is 0 Å². The summed E-state index contributed by atoms with van der Waals surface area (Å²) in [4.78, 5) is 33.0. The number of hydrogen-bond acceptors (Lipinski definition) is 3. The van der Waals surface area contributed by atoms with Gasteiger partial charge in [0.25, 0.3) is 0 Å². The van der Waals surface area contributed by atoms with E-state index >= 15 is 0 Å². The Hall–Kier alpha value is -2.43. The van der Waals surface area contributed by atoms with Gasteiger partial charge in [-0.15, -0.1) is 0 Å². The molecule has 1 aromatic carbocycles. The van der Waals surface area contributed by atoms with Crippen molar-refractivity contribution in [3.05, 3.63) is 41.5 Å². The Morgan fingerprint density at radius 1 is 1.11 bits per heavy atom. The predicted molar refractivity (Wildman–Crippen MR) is 66.5 cm³/mol. The summed E-state index contributed by atoms with van der Waals surface area (Å²) in [5.41, 5.74) is 1.10. The lowest BCUT2D eigenvalue weighted by Gasteiger charge is -2.04. The lowest BCUT2D eigenvalue weighted by molar-refractivity contribution is -0.131. The van der Waals surface area contributed by atoms with Crippen molar-refractivity contribution in [1.82, 2.24) is 0 Å². The van der Waals surface area contributed by atoms with Gasteiger partial charge in [0.2, 0.25) is 5.91 Å². The number of Topliss-reactive ketones (excluding diaryl/α,β-unsaturated/α-hetero) is 1. The molecule has 0 saturated carbocycles. The number of benzene rings is 1. The molecule has 0 aromatic heterocycles. The van der Waals surface area contributed by atoms with Crippen molar-refractivity contribution in [2.45, 2.75) is 13.8 Å². The highest BCUT2D eigenvalue weighted by Gasteiger charge is 2.09. The van der Waals surface area contributed by atoms with Crippen molar-refractivity contribution >= 4 is 23.3 Å². The molecule has 0 heterocycles. The molecule has 5 nitrogen and oxygen atoms in total. The fraction of sp³-hybridized carbons (Fsp3) is 0.154. The average molecular weight is 247 g/mol. The SMILES string of the molecule is CC(=O)Nc1ccc(C(=O)/C(C)=C/C(=O)O)cc1. The van der Waals surface area contributed by atoms with Crippen LogP contribution in [0.1, 0.15) is 24.2 Å². The number of carbonyl (C=O) groups is 3. The molecule has 2 N–H and O–H groups in total. The van der Waals surface area contributed by atoms with Crippen LogP contribution < -0.4 is 5.32 Å². The first-order valence-electron chi connectivity index (χ1n) is 5.23. The molecule has 0 aliphatic rings. The third-order valence-electron chi connectivity index (χ3n) is 2.17. The van der Waals surface area contributed by atoms with Crippen LogP contribution in [0.3, 0.4) is 0 Å². The molecule has 0 aliphatic carbocycles. The number of anilines is 1. The van der Waals surface area contributed by atoms with Gasteiger partial charge in [0, 0.05) is 29.8 Å². The van der Waals surface area contributed by atoms with Crippen LogP contribution in [0.4, 0.5) is 5.69 Å². The Kier molecular flexibility index (Phi) is 4.37. The Labute approximate surface area is 104 Å². The third-order valence-corrected chi connectivity index (χ3v) is 2.17. The van der Waals surface area contributed by atoms with Crippen LogP contribution in [0.5, 0.6) is 0 Å². The van der Waals surface area contributed by atoms with E-state index in [1.54, 1.807) is 12.1 Å². The van der Waals surface area contributed by atoms with E-state index in [2.05, 4.69) is 5.32 Å². The summed E-state index contributed by atoms with van der Waals surface area (Å²) >= 11 is 0. The van der Waals surface area contributed by atoms with Crippen LogP contribution in [-0.2, 0) is 9.59 Å². The zero-order valence-electron chi connectivity index (χ0n) is 10.1. The lowest BCUT2D eigenvalue weighted by atomic mass is 10.0. The second kappa shape index (κ2) is 5.77. The van der Waals surface area contributed by atoms with Crippen molar-refractivity contribution in [2.75, 3.05) is 5.32 Å². The van der Waals surface area contributed by atoms with E-state index in [-0.39, 0.29) is 17.3 Å². The highest BCUT2D eigenvalue weighted by Crippen LogP contribution is 2.13. The first kappa shape index (κ1) is 13.6. The average Bonchev–Trinajstić information content (AvgIpc) is 2.27. The van der Waals surface area contributed by atoms with Crippen LogP contribution in [0.2, 0.25) is 0 Å². The van der Waals surface area contributed by atoms with Gasteiger partial charge < -0.3 is 10.4 Å². The number of carboxylic acid groups (broad SMARTS) is 1. The molecule has 0 unspecified atom stereocenters. The molecule has 5 heteroatoms. The quantitative estimate of drug-likeness (QED) is 0.628. The van der Waals surface area contributed by atoms with E-state index in [1.807, 2.05) is 0 Å². The first-order valence-corrected chi connectivity index (χ1v) is 5.23. The Morgan fingerprint density at radius 3 is 2.11 bits per heavy atom. The minimum absolute atomic E-state index is 0.148. The Morgan fingerprint density at radius 2 is 1.67 bits per heavy atom. The number of allylic oxidation sites excluding steroid dienone is 1. The summed E-state index contributed by atoms with van der Waals surface area (Å²) in [6.45, 7) is 2.83. The van der Waals surface area contributed by atoms with Gasteiger partial charge in [-0.25, -0.2) is 4.79 Å². The highest BCUT2D eigenvalue weighted by atomic mass is 16.4. The Bertz CT molecular complexity index is 514. The lowest BCUT2D eigenvalue weighted by Crippen LogP contribution is -2.07. The second-order valence-electron chi connectivity index (χ2n) is 3.75. The zero-order chi connectivity index (χ0) is 13.7.